The average molecular weight is 406 g/mol. The minimum atomic E-state index is -0.244. The monoisotopic (exact) mass is 405 g/mol. The first-order valence-corrected chi connectivity index (χ1v) is 9.80. The summed E-state index contributed by atoms with van der Waals surface area (Å²) >= 11 is 6.21. The van der Waals surface area contributed by atoms with Crippen molar-refractivity contribution < 1.29 is 4.79 Å². The molecule has 146 valence electrons. The van der Waals surface area contributed by atoms with E-state index in [9.17, 15) is 4.79 Å². The average Bonchev–Trinajstić information content (AvgIpc) is 3.35. The number of carbonyl (C=O) groups excluding carboxylic acids is 1. The Hall–Kier alpha value is -3.30. The third-order valence-corrected chi connectivity index (χ3v) is 5.34. The van der Waals surface area contributed by atoms with E-state index in [-0.39, 0.29) is 11.9 Å². The van der Waals surface area contributed by atoms with E-state index < -0.39 is 0 Å². The van der Waals surface area contributed by atoms with Crippen molar-refractivity contribution in [2.75, 3.05) is 11.4 Å². The van der Waals surface area contributed by atoms with Gasteiger partial charge in [0.05, 0.1) is 30.2 Å². The summed E-state index contributed by atoms with van der Waals surface area (Å²) in [5, 5.41) is 12.5. The molecule has 1 amide bonds. The summed E-state index contributed by atoms with van der Waals surface area (Å²) in [7, 11) is 0. The molecule has 0 bridgehead atoms. The summed E-state index contributed by atoms with van der Waals surface area (Å²) in [5.41, 5.74) is 3.62. The zero-order chi connectivity index (χ0) is 20.2. The van der Waals surface area contributed by atoms with Crippen LogP contribution in [0.5, 0.6) is 0 Å². The molecule has 2 heterocycles. The van der Waals surface area contributed by atoms with Gasteiger partial charge < -0.3 is 14.8 Å². The van der Waals surface area contributed by atoms with Crippen LogP contribution < -0.4 is 10.2 Å². The van der Waals surface area contributed by atoms with Gasteiger partial charge in [-0.2, -0.15) is 5.26 Å². The first-order valence-electron chi connectivity index (χ1n) is 9.42. The summed E-state index contributed by atoms with van der Waals surface area (Å²) < 4.78 is 2.06. The standard InChI is InChI=1S/C22H20ClN5O/c23-18-2-1-3-19(10-18)28(21-8-9-26-22(21)29)14-20-12-25-15-27(20)13-17-6-4-16(11-24)5-7-17/h1-7,10,12,15,21H,8-9,13-14H2,(H,26,29)/t21-/m0/s1. The van der Waals surface area contributed by atoms with Crippen LogP contribution in [0.15, 0.2) is 61.1 Å². The number of carbonyl (C=O) groups is 1. The van der Waals surface area contributed by atoms with Crippen molar-refractivity contribution >= 4 is 23.2 Å². The van der Waals surface area contributed by atoms with Gasteiger partial charge >= 0.3 is 0 Å². The maximum absolute atomic E-state index is 12.4. The van der Waals surface area contributed by atoms with Crippen molar-refractivity contribution in [2.45, 2.75) is 25.6 Å². The van der Waals surface area contributed by atoms with Gasteiger partial charge in [0.1, 0.15) is 6.04 Å². The van der Waals surface area contributed by atoms with Gasteiger partial charge in [-0.15, -0.1) is 0 Å². The van der Waals surface area contributed by atoms with Crippen LogP contribution in [0.3, 0.4) is 0 Å². The van der Waals surface area contributed by atoms with Crippen LogP contribution in [-0.4, -0.2) is 28.0 Å². The molecule has 1 aliphatic heterocycles. The molecule has 7 heteroatoms. The van der Waals surface area contributed by atoms with Gasteiger partial charge in [0.2, 0.25) is 5.91 Å². The van der Waals surface area contributed by atoms with E-state index in [2.05, 4.69) is 25.8 Å². The first-order chi connectivity index (χ1) is 14.1. The number of aromatic nitrogens is 2. The molecule has 3 aromatic rings. The Bertz CT molecular complexity index is 1050. The Morgan fingerprint density at radius 2 is 2.10 bits per heavy atom. The second-order valence-electron chi connectivity index (χ2n) is 7.02. The minimum absolute atomic E-state index is 0.0307. The molecule has 2 aromatic carbocycles. The Labute approximate surface area is 174 Å². The molecule has 0 radical (unpaired) electrons. The molecule has 1 aliphatic rings. The number of nitriles is 1. The molecule has 0 spiro atoms. The predicted octanol–water partition coefficient (Wildman–Crippen LogP) is 3.35. The van der Waals surface area contributed by atoms with Gasteiger partial charge in [0.25, 0.3) is 0 Å². The molecule has 1 atom stereocenters. The molecule has 1 saturated heterocycles. The lowest BCUT2D eigenvalue weighted by Gasteiger charge is -2.30. The zero-order valence-corrected chi connectivity index (χ0v) is 16.5. The third-order valence-electron chi connectivity index (χ3n) is 5.10. The summed E-state index contributed by atoms with van der Waals surface area (Å²) in [5.74, 6) is 0.0307. The van der Waals surface area contributed by atoms with Gasteiger partial charge in [-0.25, -0.2) is 4.98 Å². The van der Waals surface area contributed by atoms with Crippen molar-refractivity contribution in [3.8, 4) is 6.07 Å². The molecule has 0 aliphatic carbocycles. The molecule has 0 saturated carbocycles. The van der Waals surface area contributed by atoms with Crippen molar-refractivity contribution in [1.82, 2.24) is 14.9 Å². The van der Waals surface area contributed by atoms with E-state index >= 15 is 0 Å². The number of amides is 1. The molecule has 4 rings (SSSR count). The normalized spacial score (nSPS) is 15.7. The highest BCUT2D eigenvalue weighted by Crippen LogP contribution is 2.26. The van der Waals surface area contributed by atoms with E-state index in [1.165, 1.54) is 0 Å². The zero-order valence-electron chi connectivity index (χ0n) is 15.8. The van der Waals surface area contributed by atoms with Gasteiger partial charge in [-0.05, 0) is 42.3 Å². The van der Waals surface area contributed by atoms with Crippen LogP contribution in [-0.2, 0) is 17.9 Å². The van der Waals surface area contributed by atoms with Crippen LogP contribution in [0.1, 0.15) is 23.2 Å². The van der Waals surface area contributed by atoms with Crippen molar-refractivity contribution in [1.29, 1.82) is 5.26 Å². The molecule has 6 nitrogen and oxygen atoms in total. The molecule has 0 unspecified atom stereocenters. The lowest BCUT2D eigenvalue weighted by Crippen LogP contribution is -2.40. The Kier molecular flexibility index (Phi) is 5.50. The van der Waals surface area contributed by atoms with E-state index in [0.29, 0.717) is 30.2 Å². The highest BCUT2D eigenvalue weighted by Gasteiger charge is 2.31. The SMILES string of the molecule is N#Cc1ccc(Cn2cncc2CN(c2cccc(Cl)c2)[C@H]2CCNC2=O)cc1. The first kappa shape index (κ1) is 19.0. The van der Waals surface area contributed by atoms with E-state index in [4.69, 9.17) is 16.9 Å². The molecule has 1 N–H and O–H groups in total. The number of benzene rings is 2. The Balaban J connectivity index is 1.60. The molecule has 29 heavy (non-hydrogen) atoms. The Morgan fingerprint density at radius 3 is 2.79 bits per heavy atom. The van der Waals surface area contributed by atoms with E-state index in [1.54, 1.807) is 6.33 Å². The number of rotatable bonds is 6. The van der Waals surface area contributed by atoms with E-state index in [0.717, 1.165) is 23.4 Å². The van der Waals surface area contributed by atoms with Crippen LogP contribution >= 0.6 is 11.6 Å². The topological polar surface area (TPSA) is 74.0 Å². The van der Waals surface area contributed by atoms with Crippen LogP contribution in [0.25, 0.3) is 0 Å². The van der Waals surface area contributed by atoms with Gasteiger partial charge in [0, 0.05) is 30.0 Å². The molecular weight excluding hydrogens is 386 g/mol. The second kappa shape index (κ2) is 8.38. The number of nitrogens with one attached hydrogen (secondary N) is 1. The fraction of sp³-hybridized carbons (Fsp3) is 0.227. The van der Waals surface area contributed by atoms with Crippen LogP contribution in [0, 0.1) is 11.3 Å². The molecular formula is C22H20ClN5O. The maximum atomic E-state index is 12.4. The van der Waals surface area contributed by atoms with E-state index in [1.807, 2.05) is 54.7 Å². The van der Waals surface area contributed by atoms with Crippen molar-refractivity contribution in [2.24, 2.45) is 0 Å². The quantitative estimate of drug-likeness (QED) is 0.682. The van der Waals surface area contributed by atoms with Crippen molar-refractivity contribution in [3.05, 3.63) is 82.9 Å². The highest BCUT2D eigenvalue weighted by molar-refractivity contribution is 6.30. The summed E-state index contributed by atoms with van der Waals surface area (Å²) in [6, 6.07) is 17.0. The predicted molar refractivity (Wildman–Crippen MR) is 112 cm³/mol. The highest BCUT2D eigenvalue weighted by atomic mass is 35.5. The maximum Gasteiger partial charge on any atom is 0.242 e. The van der Waals surface area contributed by atoms with Crippen LogP contribution in [0.2, 0.25) is 5.02 Å². The number of imidazole rings is 1. The smallest absolute Gasteiger partial charge is 0.242 e. The molecule has 1 aromatic heterocycles. The Morgan fingerprint density at radius 1 is 1.28 bits per heavy atom. The van der Waals surface area contributed by atoms with Gasteiger partial charge in [-0.1, -0.05) is 29.8 Å². The largest absolute Gasteiger partial charge is 0.354 e. The third kappa shape index (κ3) is 4.25. The summed E-state index contributed by atoms with van der Waals surface area (Å²) in [6.45, 7) is 1.85. The summed E-state index contributed by atoms with van der Waals surface area (Å²) in [6.07, 6.45) is 4.36. The number of anilines is 1. The van der Waals surface area contributed by atoms with Crippen LogP contribution in [0.4, 0.5) is 5.69 Å². The molecule has 1 fully saturated rings. The van der Waals surface area contributed by atoms with Gasteiger partial charge in [-0.3, -0.25) is 4.79 Å². The fourth-order valence-corrected chi connectivity index (χ4v) is 3.78. The van der Waals surface area contributed by atoms with Crippen molar-refractivity contribution in [3.63, 3.8) is 0 Å². The minimum Gasteiger partial charge on any atom is -0.354 e. The summed E-state index contributed by atoms with van der Waals surface area (Å²) in [4.78, 5) is 18.8. The number of hydrogen-bond acceptors (Lipinski definition) is 4. The number of hydrogen-bond donors (Lipinski definition) is 1. The number of nitrogens with zero attached hydrogens (tertiary/aromatic N) is 4. The second-order valence-corrected chi connectivity index (χ2v) is 7.46. The van der Waals surface area contributed by atoms with Gasteiger partial charge in [0.15, 0.2) is 0 Å². The fourth-order valence-electron chi connectivity index (χ4n) is 3.59. The lowest BCUT2D eigenvalue weighted by atomic mass is 10.1. The number of halogens is 1. The lowest BCUT2D eigenvalue weighted by molar-refractivity contribution is -0.120.